The molecular formula is C16H15ClN2O. The van der Waals surface area contributed by atoms with Gasteiger partial charge >= 0.3 is 0 Å². The summed E-state index contributed by atoms with van der Waals surface area (Å²) in [4.78, 5) is 14.2. The van der Waals surface area contributed by atoms with Gasteiger partial charge in [-0.3, -0.25) is 4.79 Å². The molecule has 4 heteroatoms. The molecule has 2 N–H and O–H groups in total. The van der Waals surface area contributed by atoms with Crippen molar-refractivity contribution in [2.24, 2.45) is 0 Å². The van der Waals surface area contributed by atoms with Crippen LogP contribution in [0.3, 0.4) is 0 Å². The lowest BCUT2D eigenvalue weighted by Crippen LogP contribution is -2.31. The number of carbonyl (C=O) groups is 1. The molecule has 0 saturated heterocycles. The molecule has 0 fully saturated rings. The number of nitrogen functional groups attached to an aromatic ring is 1. The maximum absolute atomic E-state index is 12.6. The molecule has 0 aliphatic carbocycles. The van der Waals surface area contributed by atoms with Crippen molar-refractivity contribution < 1.29 is 4.79 Å². The number of hydrogen-bond donors (Lipinski definition) is 1. The maximum Gasteiger partial charge on any atom is 0.258 e. The number of carbonyl (C=O) groups excluding carboxylic acids is 1. The maximum atomic E-state index is 12.6. The molecule has 0 heterocycles. The first-order valence-corrected chi connectivity index (χ1v) is 6.64. The highest BCUT2D eigenvalue weighted by molar-refractivity contribution is 6.25. The molecule has 0 aliphatic rings. The molecule has 0 aromatic heterocycles. The molecule has 0 radical (unpaired) electrons. The van der Waals surface area contributed by atoms with Gasteiger partial charge in [-0.05, 0) is 24.3 Å². The molecule has 2 aromatic carbocycles. The van der Waals surface area contributed by atoms with Crippen molar-refractivity contribution in [3.05, 3.63) is 71.8 Å². The molecule has 2 rings (SSSR count). The number of nitrogens with zero attached hydrogens (tertiary/aromatic N) is 1. The van der Waals surface area contributed by atoms with Crippen LogP contribution in [0.5, 0.6) is 0 Å². The zero-order valence-corrected chi connectivity index (χ0v) is 11.6. The van der Waals surface area contributed by atoms with Gasteiger partial charge in [0.2, 0.25) is 0 Å². The van der Waals surface area contributed by atoms with E-state index in [-0.39, 0.29) is 5.91 Å². The minimum atomic E-state index is -0.113. The molecule has 0 aliphatic heterocycles. The number of amides is 1. The van der Waals surface area contributed by atoms with Crippen LogP contribution in [-0.4, -0.2) is 12.5 Å². The summed E-state index contributed by atoms with van der Waals surface area (Å²) in [5.41, 5.74) is 9.19. The van der Waals surface area contributed by atoms with Crippen LogP contribution < -0.4 is 10.6 Å². The standard InChI is InChI=1S/C16H15ClN2O/c17-11-6-12-19(15-10-5-4-9-14(15)18)16(20)13-7-2-1-3-8-13/h1-11H,12,18H2/b11-6-. The van der Waals surface area contributed by atoms with Crippen LogP contribution >= 0.6 is 11.6 Å². The minimum Gasteiger partial charge on any atom is -0.397 e. The summed E-state index contributed by atoms with van der Waals surface area (Å²) in [6, 6.07) is 16.4. The fourth-order valence-electron chi connectivity index (χ4n) is 1.91. The van der Waals surface area contributed by atoms with Crippen molar-refractivity contribution in [2.45, 2.75) is 0 Å². The van der Waals surface area contributed by atoms with E-state index in [2.05, 4.69) is 0 Å². The Balaban J connectivity index is 2.38. The van der Waals surface area contributed by atoms with Gasteiger partial charge in [-0.2, -0.15) is 0 Å². The Labute approximate surface area is 123 Å². The van der Waals surface area contributed by atoms with Crippen LogP contribution in [0.4, 0.5) is 11.4 Å². The normalized spacial score (nSPS) is 10.7. The molecule has 0 atom stereocenters. The predicted octanol–water partition coefficient (Wildman–Crippen LogP) is 3.67. The van der Waals surface area contributed by atoms with Crippen LogP contribution in [0.25, 0.3) is 0 Å². The quantitative estimate of drug-likeness (QED) is 0.872. The van der Waals surface area contributed by atoms with Gasteiger partial charge in [0, 0.05) is 17.6 Å². The molecule has 20 heavy (non-hydrogen) atoms. The fraction of sp³-hybridized carbons (Fsp3) is 0.0625. The van der Waals surface area contributed by atoms with E-state index in [1.165, 1.54) is 5.54 Å². The van der Waals surface area contributed by atoms with Gasteiger partial charge < -0.3 is 10.6 Å². The van der Waals surface area contributed by atoms with E-state index in [0.717, 1.165) is 0 Å². The third-order valence-electron chi connectivity index (χ3n) is 2.87. The molecule has 1 amide bonds. The van der Waals surface area contributed by atoms with Crippen LogP contribution in [0.15, 0.2) is 66.2 Å². The number of nitrogens with two attached hydrogens (primary N) is 1. The molecule has 0 spiro atoms. The van der Waals surface area contributed by atoms with Gasteiger partial charge in [-0.15, -0.1) is 0 Å². The van der Waals surface area contributed by atoms with Gasteiger partial charge in [0.1, 0.15) is 0 Å². The van der Waals surface area contributed by atoms with Crippen LogP contribution in [0.2, 0.25) is 0 Å². The highest BCUT2D eigenvalue weighted by Crippen LogP contribution is 2.24. The zero-order chi connectivity index (χ0) is 14.4. The lowest BCUT2D eigenvalue weighted by atomic mass is 10.1. The summed E-state index contributed by atoms with van der Waals surface area (Å²) in [5, 5.41) is 0. The summed E-state index contributed by atoms with van der Waals surface area (Å²) in [7, 11) is 0. The Bertz CT molecular complexity index is 611. The Hall–Kier alpha value is -2.26. The molecular weight excluding hydrogens is 272 g/mol. The SMILES string of the molecule is Nc1ccccc1N(C/C=C\Cl)C(=O)c1ccccc1. The molecule has 0 bridgehead atoms. The van der Waals surface area contributed by atoms with E-state index in [9.17, 15) is 4.79 Å². The highest BCUT2D eigenvalue weighted by atomic mass is 35.5. The van der Waals surface area contributed by atoms with E-state index < -0.39 is 0 Å². The summed E-state index contributed by atoms with van der Waals surface area (Å²) in [6.07, 6.45) is 1.70. The Kier molecular flexibility index (Phi) is 4.80. The van der Waals surface area contributed by atoms with Crippen molar-refractivity contribution >= 4 is 28.9 Å². The van der Waals surface area contributed by atoms with Crippen molar-refractivity contribution in [3.8, 4) is 0 Å². The third-order valence-corrected chi connectivity index (χ3v) is 3.05. The van der Waals surface area contributed by atoms with Crippen LogP contribution in [-0.2, 0) is 0 Å². The third kappa shape index (κ3) is 3.19. The number of anilines is 2. The van der Waals surface area contributed by atoms with Crippen molar-refractivity contribution in [2.75, 3.05) is 17.2 Å². The van der Waals surface area contributed by atoms with E-state index in [1.54, 1.807) is 29.2 Å². The Morgan fingerprint density at radius 1 is 1.10 bits per heavy atom. The monoisotopic (exact) mass is 286 g/mol. The fourth-order valence-corrected chi connectivity index (χ4v) is 1.99. The Morgan fingerprint density at radius 2 is 1.75 bits per heavy atom. The van der Waals surface area contributed by atoms with Crippen LogP contribution in [0, 0.1) is 0 Å². The molecule has 3 nitrogen and oxygen atoms in total. The first kappa shape index (κ1) is 14.2. The molecule has 2 aromatic rings. The van der Waals surface area contributed by atoms with Crippen LogP contribution in [0.1, 0.15) is 10.4 Å². The van der Waals surface area contributed by atoms with E-state index in [0.29, 0.717) is 23.5 Å². The zero-order valence-electron chi connectivity index (χ0n) is 10.9. The number of halogens is 1. The topological polar surface area (TPSA) is 46.3 Å². The lowest BCUT2D eigenvalue weighted by molar-refractivity contribution is 0.0990. The van der Waals surface area contributed by atoms with E-state index in [1.807, 2.05) is 36.4 Å². The van der Waals surface area contributed by atoms with Gasteiger partial charge in [-0.1, -0.05) is 48.0 Å². The second-order valence-corrected chi connectivity index (χ2v) is 4.45. The van der Waals surface area contributed by atoms with Crippen molar-refractivity contribution in [1.29, 1.82) is 0 Å². The summed E-state index contributed by atoms with van der Waals surface area (Å²) < 4.78 is 0. The summed E-state index contributed by atoms with van der Waals surface area (Å²) in [6.45, 7) is 0.367. The van der Waals surface area contributed by atoms with Gasteiger partial charge in [0.15, 0.2) is 0 Å². The highest BCUT2D eigenvalue weighted by Gasteiger charge is 2.17. The van der Waals surface area contributed by atoms with Gasteiger partial charge in [0.25, 0.3) is 5.91 Å². The first-order chi connectivity index (χ1) is 9.74. The van der Waals surface area contributed by atoms with Crippen molar-refractivity contribution in [3.63, 3.8) is 0 Å². The van der Waals surface area contributed by atoms with E-state index in [4.69, 9.17) is 17.3 Å². The van der Waals surface area contributed by atoms with Gasteiger partial charge in [0.05, 0.1) is 11.4 Å². The largest absolute Gasteiger partial charge is 0.397 e. The first-order valence-electron chi connectivity index (χ1n) is 6.20. The number of hydrogen-bond acceptors (Lipinski definition) is 2. The summed E-state index contributed by atoms with van der Waals surface area (Å²) >= 11 is 5.57. The van der Waals surface area contributed by atoms with Crippen molar-refractivity contribution in [1.82, 2.24) is 0 Å². The average Bonchev–Trinajstić information content (AvgIpc) is 2.50. The predicted molar refractivity (Wildman–Crippen MR) is 84.0 cm³/mol. The number of para-hydroxylation sites is 2. The molecule has 102 valence electrons. The molecule has 0 saturated carbocycles. The second kappa shape index (κ2) is 6.78. The smallest absolute Gasteiger partial charge is 0.258 e. The minimum absolute atomic E-state index is 0.113. The second-order valence-electron chi connectivity index (χ2n) is 4.20. The lowest BCUT2D eigenvalue weighted by Gasteiger charge is -2.22. The molecule has 0 unspecified atom stereocenters. The number of rotatable bonds is 4. The Morgan fingerprint density at radius 3 is 2.40 bits per heavy atom. The van der Waals surface area contributed by atoms with E-state index >= 15 is 0 Å². The summed E-state index contributed by atoms with van der Waals surface area (Å²) in [5.74, 6) is -0.113. The number of benzene rings is 2. The van der Waals surface area contributed by atoms with Gasteiger partial charge in [-0.25, -0.2) is 0 Å². The average molecular weight is 287 g/mol.